The molecule has 1 aromatic heterocycles. The third-order valence-electron chi connectivity index (χ3n) is 3.43. The fraction of sp³-hybridized carbons (Fsp3) is 0.438. The molecule has 0 saturated carbocycles. The van der Waals surface area contributed by atoms with Gasteiger partial charge in [-0.15, -0.1) is 0 Å². The first-order valence-electron chi connectivity index (χ1n) is 7.16. The molecule has 3 nitrogen and oxygen atoms in total. The van der Waals surface area contributed by atoms with Crippen molar-refractivity contribution < 1.29 is 0 Å². The standard InChI is InChI=1S/C16H22IN3/c1-4-18-16(14-8-6-7-9-15(14)17)11-13-10-12(3)19-20(13)5-2/h6-10,16,18H,4-5,11H2,1-3H3. The lowest BCUT2D eigenvalue weighted by molar-refractivity contribution is 0.514. The minimum Gasteiger partial charge on any atom is -0.310 e. The van der Waals surface area contributed by atoms with E-state index in [1.54, 1.807) is 0 Å². The zero-order valence-corrected chi connectivity index (χ0v) is 14.5. The molecule has 1 N–H and O–H groups in total. The molecular formula is C16H22IN3. The van der Waals surface area contributed by atoms with Crippen LogP contribution in [-0.2, 0) is 13.0 Å². The van der Waals surface area contributed by atoms with E-state index in [0.29, 0.717) is 6.04 Å². The van der Waals surface area contributed by atoms with Gasteiger partial charge in [-0.2, -0.15) is 5.10 Å². The Morgan fingerprint density at radius 2 is 2.05 bits per heavy atom. The molecule has 1 unspecified atom stereocenters. The quantitative estimate of drug-likeness (QED) is 0.771. The molecule has 0 fully saturated rings. The maximum Gasteiger partial charge on any atom is 0.0596 e. The van der Waals surface area contributed by atoms with E-state index in [4.69, 9.17) is 0 Å². The first-order valence-corrected chi connectivity index (χ1v) is 8.24. The van der Waals surface area contributed by atoms with E-state index in [9.17, 15) is 0 Å². The van der Waals surface area contributed by atoms with Crippen LogP contribution in [0.25, 0.3) is 0 Å². The maximum atomic E-state index is 4.55. The molecule has 2 rings (SSSR count). The molecule has 0 radical (unpaired) electrons. The molecular weight excluding hydrogens is 361 g/mol. The third kappa shape index (κ3) is 3.61. The lowest BCUT2D eigenvalue weighted by atomic mass is 10.0. The molecule has 0 bridgehead atoms. The van der Waals surface area contributed by atoms with Gasteiger partial charge in [-0.1, -0.05) is 25.1 Å². The summed E-state index contributed by atoms with van der Waals surface area (Å²) in [6, 6.07) is 11.1. The highest BCUT2D eigenvalue weighted by Crippen LogP contribution is 2.23. The van der Waals surface area contributed by atoms with E-state index in [2.05, 4.69) is 88.8 Å². The van der Waals surface area contributed by atoms with Gasteiger partial charge >= 0.3 is 0 Å². The second kappa shape index (κ2) is 7.22. The Labute approximate surface area is 134 Å². The molecule has 0 spiro atoms. The zero-order chi connectivity index (χ0) is 14.5. The van der Waals surface area contributed by atoms with Gasteiger partial charge in [0.1, 0.15) is 0 Å². The summed E-state index contributed by atoms with van der Waals surface area (Å²) in [6.07, 6.45) is 0.975. The third-order valence-corrected chi connectivity index (χ3v) is 4.41. The van der Waals surface area contributed by atoms with Crippen molar-refractivity contribution in [3.8, 4) is 0 Å². The van der Waals surface area contributed by atoms with Crippen molar-refractivity contribution in [1.29, 1.82) is 0 Å². The SMILES string of the molecule is CCNC(Cc1cc(C)nn1CC)c1ccccc1I. The van der Waals surface area contributed by atoms with Gasteiger partial charge in [0.25, 0.3) is 0 Å². The van der Waals surface area contributed by atoms with Gasteiger partial charge in [0.15, 0.2) is 0 Å². The van der Waals surface area contributed by atoms with E-state index in [1.165, 1.54) is 14.8 Å². The van der Waals surface area contributed by atoms with Crippen molar-refractivity contribution >= 4 is 22.6 Å². The Kier molecular flexibility index (Phi) is 5.60. The first kappa shape index (κ1) is 15.5. The second-order valence-corrected chi connectivity index (χ2v) is 6.09. The van der Waals surface area contributed by atoms with Crippen molar-refractivity contribution in [3.05, 3.63) is 50.9 Å². The molecule has 1 heterocycles. The molecule has 0 aliphatic heterocycles. The van der Waals surface area contributed by atoms with Crippen LogP contribution >= 0.6 is 22.6 Å². The summed E-state index contributed by atoms with van der Waals surface area (Å²) in [5.41, 5.74) is 3.77. The van der Waals surface area contributed by atoms with E-state index >= 15 is 0 Å². The average Bonchev–Trinajstić information content (AvgIpc) is 2.79. The Balaban J connectivity index is 2.28. The summed E-state index contributed by atoms with van der Waals surface area (Å²) in [7, 11) is 0. The molecule has 0 amide bonds. The van der Waals surface area contributed by atoms with Crippen molar-refractivity contribution in [2.24, 2.45) is 0 Å². The predicted octanol–water partition coefficient (Wildman–Crippen LogP) is 3.71. The summed E-state index contributed by atoms with van der Waals surface area (Å²) in [4.78, 5) is 0. The molecule has 4 heteroatoms. The smallest absolute Gasteiger partial charge is 0.0596 e. The van der Waals surface area contributed by atoms with Crippen LogP contribution in [0.3, 0.4) is 0 Å². The number of aromatic nitrogens is 2. The monoisotopic (exact) mass is 383 g/mol. The van der Waals surface area contributed by atoms with Crippen LogP contribution in [0.15, 0.2) is 30.3 Å². The number of aryl methyl sites for hydroxylation is 2. The number of hydrogen-bond donors (Lipinski definition) is 1. The maximum absolute atomic E-state index is 4.55. The fourth-order valence-corrected chi connectivity index (χ4v) is 3.31. The second-order valence-electron chi connectivity index (χ2n) is 4.93. The van der Waals surface area contributed by atoms with Gasteiger partial charge in [-0.05, 0) is 60.7 Å². The minimum absolute atomic E-state index is 0.342. The Hall–Kier alpha value is -0.880. The van der Waals surface area contributed by atoms with E-state index in [-0.39, 0.29) is 0 Å². The van der Waals surface area contributed by atoms with Gasteiger partial charge < -0.3 is 5.32 Å². The van der Waals surface area contributed by atoms with Crippen LogP contribution in [0.5, 0.6) is 0 Å². The topological polar surface area (TPSA) is 29.9 Å². The Bertz CT molecular complexity index is 563. The minimum atomic E-state index is 0.342. The highest BCUT2D eigenvalue weighted by atomic mass is 127. The highest BCUT2D eigenvalue weighted by molar-refractivity contribution is 14.1. The first-order chi connectivity index (χ1) is 9.65. The average molecular weight is 383 g/mol. The van der Waals surface area contributed by atoms with E-state index in [0.717, 1.165) is 25.2 Å². The molecule has 1 atom stereocenters. The van der Waals surface area contributed by atoms with Crippen molar-refractivity contribution in [1.82, 2.24) is 15.1 Å². The lowest BCUT2D eigenvalue weighted by Gasteiger charge is -2.20. The molecule has 2 aromatic rings. The van der Waals surface area contributed by atoms with Crippen LogP contribution in [0.2, 0.25) is 0 Å². The molecule has 0 aliphatic rings. The Morgan fingerprint density at radius 3 is 2.70 bits per heavy atom. The highest BCUT2D eigenvalue weighted by Gasteiger charge is 2.16. The summed E-state index contributed by atoms with van der Waals surface area (Å²) >= 11 is 2.42. The van der Waals surface area contributed by atoms with Gasteiger partial charge in [0, 0.05) is 28.3 Å². The Morgan fingerprint density at radius 1 is 1.30 bits per heavy atom. The number of nitrogens with one attached hydrogen (secondary N) is 1. The van der Waals surface area contributed by atoms with Gasteiger partial charge in [0.2, 0.25) is 0 Å². The van der Waals surface area contributed by atoms with Gasteiger partial charge in [-0.25, -0.2) is 0 Å². The van der Waals surface area contributed by atoms with E-state index < -0.39 is 0 Å². The molecule has 0 aliphatic carbocycles. The van der Waals surface area contributed by atoms with E-state index in [1.807, 2.05) is 0 Å². The predicted molar refractivity (Wildman–Crippen MR) is 91.9 cm³/mol. The summed E-state index contributed by atoms with van der Waals surface area (Å²) in [5, 5.41) is 8.15. The number of nitrogens with zero attached hydrogens (tertiary/aromatic N) is 2. The van der Waals surface area contributed by atoms with Crippen LogP contribution < -0.4 is 5.32 Å². The van der Waals surface area contributed by atoms with Crippen molar-refractivity contribution in [2.75, 3.05) is 6.54 Å². The summed E-state index contributed by atoms with van der Waals surface area (Å²) < 4.78 is 3.42. The van der Waals surface area contributed by atoms with Crippen LogP contribution in [0.4, 0.5) is 0 Å². The molecule has 1 aromatic carbocycles. The van der Waals surface area contributed by atoms with Crippen molar-refractivity contribution in [3.63, 3.8) is 0 Å². The zero-order valence-electron chi connectivity index (χ0n) is 12.4. The van der Waals surface area contributed by atoms with Crippen LogP contribution in [0, 0.1) is 10.5 Å². The lowest BCUT2D eigenvalue weighted by Crippen LogP contribution is -2.24. The van der Waals surface area contributed by atoms with Crippen LogP contribution in [0.1, 0.15) is 36.8 Å². The molecule has 108 valence electrons. The van der Waals surface area contributed by atoms with Gasteiger partial charge in [-0.3, -0.25) is 4.68 Å². The number of hydrogen-bond acceptors (Lipinski definition) is 2. The van der Waals surface area contributed by atoms with Gasteiger partial charge in [0.05, 0.1) is 5.69 Å². The van der Waals surface area contributed by atoms with Crippen molar-refractivity contribution in [2.45, 2.75) is 39.8 Å². The fourth-order valence-electron chi connectivity index (χ4n) is 2.54. The number of halogens is 1. The molecule has 0 saturated heterocycles. The largest absolute Gasteiger partial charge is 0.310 e. The normalized spacial score (nSPS) is 12.6. The molecule has 20 heavy (non-hydrogen) atoms. The number of likely N-dealkylation sites (N-methyl/N-ethyl adjacent to an activating group) is 1. The summed E-state index contributed by atoms with van der Waals surface area (Å²) in [6.45, 7) is 8.25. The summed E-state index contributed by atoms with van der Waals surface area (Å²) in [5.74, 6) is 0. The number of rotatable bonds is 6. The van der Waals surface area contributed by atoms with Crippen LogP contribution in [-0.4, -0.2) is 16.3 Å². The number of benzene rings is 1.